The van der Waals surface area contributed by atoms with Crippen molar-refractivity contribution in [2.24, 2.45) is 0 Å². The van der Waals surface area contributed by atoms with Crippen LogP contribution in [-0.2, 0) is 0 Å². The number of methoxy groups -OCH3 is 2. The van der Waals surface area contributed by atoms with Crippen LogP contribution in [0.5, 0.6) is 11.5 Å². The molecule has 8 nitrogen and oxygen atoms in total. The maximum Gasteiger partial charge on any atom is 0.417 e. The Labute approximate surface area is 162 Å². The molecule has 2 heterocycles. The molecule has 0 saturated heterocycles. The molecule has 28 heavy (non-hydrogen) atoms. The van der Waals surface area contributed by atoms with Gasteiger partial charge in [-0.15, -0.1) is 11.3 Å². The standard InChI is InChI=1S/C19H15N3O5S/c1-25-12-5-11(6-13(8-12)26-2)17(23)22-18-20-15(9-28-18)10-3-4-16-14(7-10)21-19(24)27-16/h3-9H,1-2H3,(H,21,24)(H,20,22,23). The minimum atomic E-state index is -0.507. The number of H-pyrrole nitrogens is 1. The van der Waals surface area contributed by atoms with Crippen LogP contribution in [0.15, 0.2) is 51.0 Å². The zero-order valence-corrected chi connectivity index (χ0v) is 15.8. The molecule has 0 aliphatic heterocycles. The zero-order chi connectivity index (χ0) is 19.7. The molecule has 0 bridgehead atoms. The smallest absolute Gasteiger partial charge is 0.417 e. The summed E-state index contributed by atoms with van der Waals surface area (Å²) in [7, 11) is 3.04. The Balaban J connectivity index is 1.57. The molecule has 0 radical (unpaired) electrons. The number of aromatic amines is 1. The number of nitrogens with zero attached hydrogens (tertiary/aromatic N) is 1. The van der Waals surface area contributed by atoms with Crippen LogP contribution in [0.1, 0.15) is 10.4 Å². The van der Waals surface area contributed by atoms with E-state index in [1.165, 1.54) is 25.6 Å². The molecule has 2 N–H and O–H groups in total. The monoisotopic (exact) mass is 397 g/mol. The van der Waals surface area contributed by atoms with E-state index >= 15 is 0 Å². The first kappa shape index (κ1) is 17.8. The molecular weight excluding hydrogens is 382 g/mol. The predicted octanol–water partition coefficient (Wildman–Crippen LogP) is 3.51. The van der Waals surface area contributed by atoms with E-state index in [1.54, 1.807) is 36.4 Å². The van der Waals surface area contributed by atoms with Crippen molar-refractivity contribution in [3.8, 4) is 22.8 Å². The van der Waals surface area contributed by atoms with Crippen molar-refractivity contribution in [1.82, 2.24) is 9.97 Å². The van der Waals surface area contributed by atoms with Crippen molar-refractivity contribution in [2.45, 2.75) is 0 Å². The summed E-state index contributed by atoms with van der Waals surface area (Å²) in [5.74, 6) is 0.207. The van der Waals surface area contributed by atoms with E-state index in [-0.39, 0.29) is 5.91 Å². The molecule has 0 aliphatic carbocycles. The summed E-state index contributed by atoms with van der Waals surface area (Å²) in [6.07, 6.45) is 0. The van der Waals surface area contributed by atoms with E-state index in [1.807, 2.05) is 5.38 Å². The number of hydrogen-bond donors (Lipinski definition) is 2. The third kappa shape index (κ3) is 3.47. The summed E-state index contributed by atoms with van der Waals surface area (Å²) in [4.78, 5) is 30.9. The summed E-state index contributed by atoms with van der Waals surface area (Å²) in [6, 6.07) is 10.2. The van der Waals surface area contributed by atoms with Crippen LogP contribution in [0, 0.1) is 0 Å². The van der Waals surface area contributed by atoms with Gasteiger partial charge in [0.05, 0.1) is 25.4 Å². The first-order chi connectivity index (χ1) is 13.6. The lowest BCUT2D eigenvalue weighted by molar-refractivity contribution is 0.102. The lowest BCUT2D eigenvalue weighted by atomic mass is 10.1. The number of amides is 1. The fraction of sp³-hybridized carbons (Fsp3) is 0.105. The van der Waals surface area contributed by atoms with Crippen LogP contribution in [0.25, 0.3) is 22.4 Å². The highest BCUT2D eigenvalue weighted by atomic mass is 32.1. The number of thiazole rings is 1. The van der Waals surface area contributed by atoms with E-state index < -0.39 is 5.76 Å². The maximum absolute atomic E-state index is 12.6. The molecule has 4 aromatic rings. The predicted molar refractivity (Wildman–Crippen MR) is 105 cm³/mol. The van der Waals surface area contributed by atoms with Crippen LogP contribution in [-0.4, -0.2) is 30.1 Å². The van der Waals surface area contributed by atoms with Crippen LogP contribution in [0.4, 0.5) is 5.13 Å². The highest BCUT2D eigenvalue weighted by Gasteiger charge is 2.13. The molecule has 0 atom stereocenters. The largest absolute Gasteiger partial charge is 0.497 e. The molecule has 0 spiro atoms. The van der Waals surface area contributed by atoms with Crippen molar-refractivity contribution >= 4 is 33.5 Å². The van der Waals surface area contributed by atoms with Crippen molar-refractivity contribution < 1.29 is 18.7 Å². The number of rotatable bonds is 5. The number of nitrogens with one attached hydrogen (secondary N) is 2. The SMILES string of the molecule is COc1cc(OC)cc(C(=O)Nc2nc(-c3ccc4oc(=O)[nH]c4c3)cs2)c1. The van der Waals surface area contributed by atoms with Crippen LogP contribution in [0.2, 0.25) is 0 Å². The van der Waals surface area contributed by atoms with Gasteiger partial charge in [0.1, 0.15) is 11.5 Å². The van der Waals surface area contributed by atoms with Gasteiger partial charge in [0.2, 0.25) is 0 Å². The van der Waals surface area contributed by atoms with Gasteiger partial charge in [-0.2, -0.15) is 0 Å². The zero-order valence-electron chi connectivity index (χ0n) is 14.9. The second-order valence-electron chi connectivity index (χ2n) is 5.82. The van der Waals surface area contributed by atoms with E-state index in [2.05, 4.69) is 15.3 Å². The van der Waals surface area contributed by atoms with E-state index in [9.17, 15) is 9.59 Å². The summed E-state index contributed by atoms with van der Waals surface area (Å²) in [5.41, 5.74) is 2.93. The summed E-state index contributed by atoms with van der Waals surface area (Å²) in [5, 5.41) is 5.04. The highest BCUT2D eigenvalue weighted by molar-refractivity contribution is 7.14. The molecule has 0 aliphatic rings. The lowest BCUT2D eigenvalue weighted by Gasteiger charge is -2.08. The number of aromatic nitrogens is 2. The number of ether oxygens (including phenoxy) is 2. The van der Waals surface area contributed by atoms with Crippen LogP contribution >= 0.6 is 11.3 Å². The van der Waals surface area contributed by atoms with Gasteiger partial charge in [-0.3, -0.25) is 15.1 Å². The fourth-order valence-corrected chi connectivity index (χ4v) is 3.40. The Morgan fingerprint density at radius 2 is 1.89 bits per heavy atom. The van der Waals surface area contributed by atoms with Crippen molar-refractivity contribution in [3.05, 3.63) is 57.9 Å². The van der Waals surface area contributed by atoms with Crippen molar-refractivity contribution in [2.75, 3.05) is 19.5 Å². The lowest BCUT2D eigenvalue weighted by Crippen LogP contribution is -2.12. The topological polar surface area (TPSA) is 106 Å². The first-order valence-electron chi connectivity index (χ1n) is 8.19. The summed E-state index contributed by atoms with van der Waals surface area (Å²) in [6.45, 7) is 0. The van der Waals surface area contributed by atoms with E-state index in [0.717, 1.165) is 5.56 Å². The molecule has 2 aromatic carbocycles. The minimum absolute atomic E-state index is 0.326. The molecule has 142 valence electrons. The Morgan fingerprint density at radius 1 is 1.14 bits per heavy atom. The van der Waals surface area contributed by atoms with Gasteiger partial charge in [0.25, 0.3) is 5.91 Å². The first-order valence-corrected chi connectivity index (χ1v) is 9.07. The molecule has 0 saturated carbocycles. The molecule has 2 aromatic heterocycles. The second-order valence-corrected chi connectivity index (χ2v) is 6.68. The quantitative estimate of drug-likeness (QED) is 0.534. The van der Waals surface area contributed by atoms with Gasteiger partial charge in [-0.25, -0.2) is 9.78 Å². The third-order valence-electron chi connectivity index (χ3n) is 4.05. The number of hydrogen-bond acceptors (Lipinski definition) is 7. The van der Waals surface area contributed by atoms with Gasteiger partial charge in [-0.05, 0) is 30.3 Å². The highest BCUT2D eigenvalue weighted by Crippen LogP contribution is 2.28. The van der Waals surface area contributed by atoms with Gasteiger partial charge in [0.15, 0.2) is 10.7 Å². The molecular formula is C19H15N3O5S. The van der Waals surface area contributed by atoms with Crippen molar-refractivity contribution in [3.63, 3.8) is 0 Å². The Kier molecular flexibility index (Phi) is 4.58. The third-order valence-corrected chi connectivity index (χ3v) is 4.81. The molecule has 4 rings (SSSR count). The van der Waals surface area contributed by atoms with Gasteiger partial charge in [-0.1, -0.05) is 0 Å². The number of fused-ring (bicyclic) bond motifs is 1. The van der Waals surface area contributed by atoms with Gasteiger partial charge >= 0.3 is 5.76 Å². The maximum atomic E-state index is 12.6. The number of anilines is 1. The van der Waals surface area contributed by atoms with Crippen LogP contribution < -0.4 is 20.5 Å². The second kappa shape index (κ2) is 7.20. The van der Waals surface area contributed by atoms with E-state index in [4.69, 9.17) is 13.9 Å². The molecule has 0 fully saturated rings. The fourth-order valence-electron chi connectivity index (χ4n) is 2.68. The molecule has 1 amide bonds. The van der Waals surface area contributed by atoms with E-state index in [0.29, 0.717) is 39.0 Å². The number of carbonyl (C=O) groups is 1. The normalized spacial score (nSPS) is 10.8. The number of carbonyl (C=O) groups excluding carboxylic acids is 1. The number of benzene rings is 2. The number of oxazole rings is 1. The van der Waals surface area contributed by atoms with Gasteiger partial charge in [0, 0.05) is 22.6 Å². The van der Waals surface area contributed by atoms with Gasteiger partial charge < -0.3 is 13.9 Å². The summed E-state index contributed by atoms with van der Waals surface area (Å²) >= 11 is 1.30. The average molecular weight is 397 g/mol. The Bertz CT molecular complexity index is 1200. The molecule has 9 heteroatoms. The molecule has 0 unspecified atom stereocenters. The summed E-state index contributed by atoms with van der Waals surface area (Å²) < 4.78 is 15.4. The van der Waals surface area contributed by atoms with Crippen molar-refractivity contribution in [1.29, 1.82) is 0 Å². The Morgan fingerprint density at radius 3 is 2.61 bits per heavy atom. The Hall–Kier alpha value is -3.59. The van der Waals surface area contributed by atoms with Crippen LogP contribution in [0.3, 0.4) is 0 Å². The average Bonchev–Trinajstić information content (AvgIpc) is 3.32. The minimum Gasteiger partial charge on any atom is -0.497 e.